The minimum absolute atomic E-state index is 0.00626. The van der Waals surface area contributed by atoms with Crippen LogP contribution in [0, 0.1) is 6.92 Å². The zero-order chi connectivity index (χ0) is 26.3. The lowest BCUT2D eigenvalue weighted by atomic mass is 10.1. The van der Waals surface area contributed by atoms with E-state index >= 15 is 0 Å². The molecule has 0 aliphatic carbocycles. The molecular weight excluding hydrogens is 509 g/mol. The molecule has 194 valence electrons. The van der Waals surface area contributed by atoms with Crippen LogP contribution in [0.2, 0.25) is 0 Å². The molecule has 0 heterocycles. The summed E-state index contributed by atoms with van der Waals surface area (Å²) in [7, 11) is -8.04. The number of unbranched alkanes of at least 4 members (excludes halogenated alkanes) is 1. The van der Waals surface area contributed by atoms with Crippen LogP contribution in [0.15, 0.2) is 58.3 Å². The Morgan fingerprint density at radius 2 is 1.46 bits per heavy atom. The van der Waals surface area contributed by atoms with Crippen LogP contribution in [0.3, 0.4) is 0 Å². The van der Waals surface area contributed by atoms with Crippen molar-refractivity contribution >= 4 is 26.0 Å². The largest absolute Gasteiger partial charge is 0.465 e. The summed E-state index contributed by atoms with van der Waals surface area (Å²) in [6, 6.07) is 7.86. The number of hydrogen-bond donors (Lipinski definition) is 2. The number of ether oxygens (including phenoxy) is 1. The van der Waals surface area contributed by atoms with E-state index in [2.05, 4.69) is 9.44 Å². The first-order valence-electron chi connectivity index (χ1n) is 10.7. The van der Waals surface area contributed by atoms with Crippen LogP contribution in [0.25, 0.3) is 0 Å². The maximum Gasteiger partial charge on any atom is 0.416 e. The lowest BCUT2D eigenvalue weighted by Gasteiger charge is -2.18. The second-order valence-corrected chi connectivity index (χ2v) is 11.1. The summed E-state index contributed by atoms with van der Waals surface area (Å²) in [6.07, 6.45) is -4.08. The average Bonchev–Trinajstić information content (AvgIpc) is 2.78. The Bertz CT molecular complexity index is 1200. The van der Waals surface area contributed by atoms with Crippen molar-refractivity contribution in [2.24, 2.45) is 0 Å². The van der Waals surface area contributed by atoms with Gasteiger partial charge in [0, 0.05) is 6.54 Å². The summed E-state index contributed by atoms with van der Waals surface area (Å²) in [6.45, 7) is 3.42. The van der Waals surface area contributed by atoms with Crippen LogP contribution in [0.4, 0.5) is 13.2 Å². The minimum atomic E-state index is -4.62. The summed E-state index contributed by atoms with van der Waals surface area (Å²) in [5.74, 6) is -0.844. The van der Waals surface area contributed by atoms with Gasteiger partial charge in [0.2, 0.25) is 20.0 Å². The smallest absolute Gasteiger partial charge is 0.416 e. The second-order valence-electron chi connectivity index (χ2n) is 7.65. The molecule has 0 saturated heterocycles. The van der Waals surface area contributed by atoms with Crippen LogP contribution in [0.1, 0.15) is 37.3 Å². The van der Waals surface area contributed by atoms with E-state index in [-0.39, 0.29) is 30.9 Å². The SMILES string of the molecule is CCOC(=O)C(CCCCNS(=O)(=O)c1ccc(C)cc1)NS(=O)(=O)c1ccc(C(F)(F)F)cc1. The van der Waals surface area contributed by atoms with Gasteiger partial charge in [0.05, 0.1) is 22.0 Å². The maximum atomic E-state index is 12.7. The number of hydrogen-bond acceptors (Lipinski definition) is 6. The molecule has 0 aliphatic rings. The van der Waals surface area contributed by atoms with Crippen molar-refractivity contribution in [1.29, 1.82) is 0 Å². The van der Waals surface area contributed by atoms with Crippen LogP contribution < -0.4 is 9.44 Å². The molecule has 2 N–H and O–H groups in total. The standard InChI is InChI=1S/C22H27F3N2O6S2/c1-3-33-21(28)20(27-35(31,32)19-13-9-17(10-14-19)22(23,24)25)6-4-5-15-26-34(29,30)18-11-7-16(2)8-12-18/h7-14,20,26-27H,3-6,15H2,1-2H3. The van der Waals surface area contributed by atoms with Crippen molar-refractivity contribution in [3.05, 3.63) is 59.7 Å². The number of halogens is 3. The quantitative estimate of drug-likeness (QED) is 0.317. The number of aryl methyl sites for hydroxylation is 1. The Morgan fingerprint density at radius 3 is 2.00 bits per heavy atom. The van der Waals surface area contributed by atoms with Crippen LogP contribution in [-0.4, -0.2) is 42.0 Å². The molecule has 13 heteroatoms. The fourth-order valence-corrected chi connectivity index (χ4v) is 5.32. The van der Waals surface area contributed by atoms with Gasteiger partial charge in [0.1, 0.15) is 6.04 Å². The van der Waals surface area contributed by atoms with Gasteiger partial charge in [-0.05, 0) is 69.5 Å². The summed E-state index contributed by atoms with van der Waals surface area (Å²) < 4.78 is 97.6. The van der Waals surface area contributed by atoms with Gasteiger partial charge in [0.15, 0.2) is 0 Å². The molecule has 2 aromatic carbocycles. The number of alkyl halides is 3. The maximum absolute atomic E-state index is 12.7. The summed E-state index contributed by atoms with van der Waals surface area (Å²) in [5.41, 5.74) is -0.0980. The molecule has 0 radical (unpaired) electrons. The van der Waals surface area contributed by atoms with Crippen LogP contribution in [0.5, 0.6) is 0 Å². The van der Waals surface area contributed by atoms with E-state index in [9.17, 15) is 34.8 Å². The van der Waals surface area contributed by atoms with E-state index in [1.54, 1.807) is 19.1 Å². The monoisotopic (exact) mass is 536 g/mol. The molecular formula is C22H27F3N2O6S2. The number of carbonyl (C=O) groups is 1. The lowest BCUT2D eigenvalue weighted by molar-refractivity contribution is -0.145. The van der Waals surface area contributed by atoms with E-state index in [4.69, 9.17) is 4.74 Å². The molecule has 1 unspecified atom stereocenters. The topological polar surface area (TPSA) is 119 Å². The zero-order valence-electron chi connectivity index (χ0n) is 19.1. The molecule has 2 aromatic rings. The van der Waals surface area contributed by atoms with Crippen LogP contribution in [-0.2, 0) is 35.8 Å². The molecule has 0 fully saturated rings. The first-order valence-corrected chi connectivity index (χ1v) is 13.7. The van der Waals surface area contributed by atoms with Crippen molar-refractivity contribution in [3.8, 4) is 0 Å². The van der Waals surface area contributed by atoms with Gasteiger partial charge >= 0.3 is 12.1 Å². The predicted octanol–water partition coefficient (Wildman–Crippen LogP) is 3.37. The third-order valence-corrected chi connectivity index (χ3v) is 7.87. The summed E-state index contributed by atoms with van der Waals surface area (Å²) in [5, 5.41) is 0. The van der Waals surface area contributed by atoms with Gasteiger partial charge < -0.3 is 4.74 Å². The predicted molar refractivity (Wildman–Crippen MR) is 122 cm³/mol. The molecule has 0 amide bonds. The molecule has 0 spiro atoms. The van der Waals surface area contributed by atoms with Gasteiger partial charge in [0.25, 0.3) is 0 Å². The Labute approximate surface area is 203 Å². The molecule has 0 aliphatic heterocycles. The Balaban J connectivity index is 1.99. The first kappa shape index (κ1) is 28.8. The molecule has 0 saturated carbocycles. The second kappa shape index (κ2) is 12.0. The van der Waals surface area contributed by atoms with Crippen LogP contribution >= 0.6 is 0 Å². The van der Waals surface area contributed by atoms with Crippen molar-refractivity contribution in [1.82, 2.24) is 9.44 Å². The highest BCUT2D eigenvalue weighted by molar-refractivity contribution is 7.89. The molecule has 8 nitrogen and oxygen atoms in total. The zero-order valence-corrected chi connectivity index (χ0v) is 20.8. The summed E-state index contributed by atoms with van der Waals surface area (Å²) >= 11 is 0. The van der Waals surface area contributed by atoms with Gasteiger partial charge in [-0.25, -0.2) is 21.6 Å². The first-order chi connectivity index (χ1) is 16.3. The van der Waals surface area contributed by atoms with Gasteiger partial charge in [-0.1, -0.05) is 17.7 Å². The Kier molecular flexibility index (Phi) is 9.84. The third kappa shape index (κ3) is 8.60. The fraction of sp³-hybridized carbons (Fsp3) is 0.409. The summed E-state index contributed by atoms with van der Waals surface area (Å²) in [4.78, 5) is 11.9. The van der Waals surface area contributed by atoms with Crippen molar-refractivity contribution in [3.63, 3.8) is 0 Å². The highest BCUT2D eigenvalue weighted by Crippen LogP contribution is 2.29. The van der Waals surface area contributed by atoms with E-state index in [0.29, 0.717) is 18.6 Å². The van der Waals surface area contributed by atoms with E-state index in [1.807, 2.05) is 6.92 Å². The third-order valence-electron chi connectivity index (χ3n) is 4.90. The number of carbonyl (C=O) groups excluding carboxylic acids is 1. The molecule has 0 bridgehead atoms. The van der Waals surface area contributed by atoms with E-state index < -0.39 is 48.7 Å². The Morgan fingerprint density at radius 1 is 0.914 bits per heavy atom. The number of benzene rings is 2. The Hall–Kier alpha value is -2.48. The minimum Gasteiger partial charge on any atom is -0.465 e. The molecule has 35 heavy (non-hydrogen) atoms. The van der Waals surface area contributed by atoms with Crippen molar-refractivity contribution in [2.45, 2.75) is 55.1 Å². The molecule has 1 atom stereocenters. The number of sulfonamides is 2. The molecule has 2 rings (SSSR count). The molecule has 0 aromatic heterocycles. The average molecular weight is 537 g/mol. The highest BCUT2D eigenvalue weighted by atomic mass is 32.2. The normalized spacial score (nSPS) is 13.4. The lowest BCUT2D eigenvalue weighted by Crippen LogP contribution is -2.42. The highest BCUT2D eigenvalue weighted by Gasteiger charge is 2.31. The van der Waals surface area contributed by atoms with Crippen molar-refractivity contribution in [2.75, 3.05) is 13.2 Å². The number of rotatable bonds is 12. The van der Waals surface area contributed by atoms with E-state index in [0.717, 1.165) is 17.7 Å². The fourth-order valence-electron chi connectivity index (χ4n) is 3.03. The van der Waals surface area contributed by atoms with Gasteiger partial charge in [-0.15, -0.1) is 0 Å². The van der Waals surface area contributed by atoms with Crippen molar-refractivity contribution < 1.29 is 39.5 Å². The van der Waals surface area contributed by atoms with E-state index in [1.165, 1.54) is 12.1 Å². The van der Waals surface area contributed by atoms with Gasteiger partial charge in [-0.3, -0.25) is 4.79 Å². The number of nitrogens with one attached hydrogen (secondary N) is 2. The van der Waals surface area contributed by atoms with Gasteiger partial charge in [-0.2, -0.15) is 17.9 Å². The number of esters is 1.